The van der Waals surface area contributed by atoms with Crippen molar-refractivity contribution < 1.29 is 17.9 Å². The Morgan fingerprint density at radius 1 is 1.27 bits per heavy atom. The lowest BCUT2D eigenvalue weighted by molar-refractivity contribution is 0.0949. The van der Waals surface area contributed by atoms with E-state index in [-0.39, 0.29) is 36.7 Å². The molecule has 2 aromatic heterocycles. The number of carbonyl (C=O) groups is 1. The van der Waals surface area contributed by atoms with E-state index in [1.807, 2.05) is 12.1 Å². The molecule has 1 fully saturated rings. The molecule has 1 saturated carbocycles. The number of hydrogen-bond donors (Lipinski definition) is 1. The van der Waals surface area contributed by atoms with Crippen LogP contribution in [0.5, 0.6) is 5.88 Å². The Bertz CT molecular complexity index is 1610. The fourth-order valence-electron chi connectivity index (χ4n) is 3.88. The predicted molar refractivity (Wildman–Crippen MR) is 132 cm³/mol. The van der Waals surface area contributed by atoms with Gasteiger partial charge in [0.05, 0.1) is 23.9 Å². The largest absolute Gasteiger partial charge is 0.473 e. The molecular weight excluding hydrogens is 498 g/mol. The first kappa shape index (κ1) is 25.8. The molecule has 37 heavy (non-hydrogen) atoms. The third-order valence-corrected chi connectivity index (χ3v) is 8.87. The normalized spacial score (nSPS) is 14.1. The second-order valence-electron chi connectivity index (χ2n) is 8.76. The van der Waals surface area contributed by atoms with Crippen LogP contribution in [0.4, 0.5) is 0 Å². The molecular formula is C24H23N7O5S. The minimum atomic E-state index is -3.78. The van der Waals surface area contributed by atoms with Crippen LogP contribution in [0.3, 0.4) is 0 Å². The summed E-state index contributed by atoms with van der Waals surface area (Å²) in [7, 11) is -0.982. The number of nitrogens with one attached hydrogen (secondary N) is 1. The van der Waals surface area contributed by atoms with Crippen LogP contribution in [0.1, 0.15) is 34.3 Å². The Balaban J connectivity index is 1.56. The molecule has 0 atom stereocenters. The van der Waals surface area contributed by atoms with E-state index >= 15 is 0 Å². The first-order chi connectivity index (χ1) is 17.6. The molecule has 0 unspecified atom stereocenters. The number of amides is 1. The summed E-state index contributed by atoms with van der Waals surface area (Å²) < 4.78 is 32.6. The Morgan fingerprint density at radius 2 is 1.97 bits per heavy atom. The average Bonchev–Trinajstić information content (AvgIpc) is 3.70. The van der Waals surface area contributed by atoms with Gasteiger partial charge in [0.25, 0.3) is 17.3 Å². The average molecular weight is 522 g/mol. The highest BCUT2D eigenvalue weighted by atomic mass is 32.2. The number of hydrogen-bond acceptors (Lipinski definition) is 9. The molecule has 1 aliphatic rings. The molecule has 3 aromatic rings. The van der Waals surface area contributed by atoms with Gasteiger partial charge in [-0.05, 0) is 36.6 Å². The van der Waals surface area contributed by atoms with Crippen LogP contribution in [0.2, 0.25) is 0 Å². The highest BCUT2D eigenvalue weighted by molar-refractivity contribution is 7.90. The van der Waals surface area contributed by atoms with E-state index in [4.69, 9.17) is 15.3 Å². The third kappa shape index (κ3) is 4.87. The summed E-state index contributed by atoms with van der Waals surface area (Å²) in [6, 6.07) is 11.9. The number of pyridine rings is 1. The van der Waals surface area contributed by atoms with Gasteiger partial charge in [-0.15, -0.1) is 5.10 Å². The molecule has 0 spiro atoms. The SMILES string of the molecule is CN(CC#N)S(=O)(=O)C1(COc2nncc3cc(C(=O)NCc4ccc(C#N)cc4)c(=O)n(C)c23)CC1. The maximum absolute atomic E-state index is 13.0. The first-order valence-electron chi connectivity index (χ1n) is 11.2. The molecule has 13 heteroatoms. The van der Waals surface area contributed by atoms with Crippen molar-refractivity contribution in [3.05, 3.63) is 63.6 Å². The van der Waals surface area contributed by atoms with Crippen molar-refractivity contribution in [3.8, 4) is 18.0 Å². The number of fused-ring (bicyclic) bond motifs is 1. The van der Waals surface area contributed by atoms with Crippen LogP contribution in [-0.2, 0) is 23.6 Å². The second-order valence-corrected chi connectivity index (χ2v) is 11.2. The van der Waals surface area contributed by atoms with Crippen molar-refractivity contribution in [1.29, 1.82) is 10.5 Å². The maximum atomic E-state index is 13.0. The van der Waals surface area contributed by atoms with Crippen LogP contribution in [0.25, 0.3) is 10.9 Å². The van der Waals surface area contributed by atoms with E-state index in [1.165, 1.54) is 30.9 Å². The summed E-state index contributed by atoms with van der Waals surface area (Å²) >= 11 is 0. The zero-order valence-electron chi connectivity index (χ0n) is 20.1. The molecule has 1 aromatic carbocycles. The third-order valence-electron chi connectivity index (χ3n) is 6.30. The topological polar surface area (TPSA) is 171 Å². The second kappa shape index (κ2) is 9.97. The van der Waals surface area contributed by atoms with E-state index < -0.39 is 26.2 Å². The zero-order valence-corrected chi connectivity index (χ0v) is 20.9. The Kier molecular flexibility index (Phi) is 6.94. The molecule has 2 heterocycles. The zero-order chi connectivity index (χ0) is 26.8. The summed E-state index contributed by atoms with van der Waals surface area (Å²) in [6.07, 6.45) is 2.11. The number of carbonyl (C=O) groups excluding carboxylic acids is 1. The summed E-state index contributed by atoms with van der Waals surface area (Å²) in [4.78, 5) is 25.8. The number of sulfonamides is 1. The number of aryl methyl sites for hydroxylation is 1. The van der Waals surface area contributed by atoms with Crippen LogP contribution in [-0.4, -0.2) is 58.3 Å². The lowest BCUT2D eigenvalue weighted by atomic mass is 10.1. The predicted octanol–water partition coefficient (Wildman–Crippen LogP) is 0.827. The molecule has 1 amide bonds. The number of benzene rings is 1. The minimum Gasteiger partial charge on any atom is -0.473 e. The van der Waals surface area contributed by atoms with Gasteiger partial charge >= 0.3 is 0 Å². The van der Waals surface area contributed by atoms with Gasteiger partial charge in [0.1, 0.15) is 29.0 Å². The van der Waals surface area contributed by atoms with Gasteiger partial charge in [0.15, 0.2) is 0 Å². The van der Waals surface area contributed by atoms with E-state index in [1.54, 1.807) is 24.3 Å². The first-order valence-corrected chi connectivity index (χ1v) is 12.7. The smallest absolute Gasteiger partial charge is 0.263 e. The van der Waals surface area contributed by atoms with Crippen molar-refractivity contribution in [2.45, 2.75) is 24.1 Å². The molecule has 0 aliphatic heterocycles. The summed E-state index contributed by atoms with van der Waals surface area (Å²) in [6.45, 7) is -0.339. The van der Waals surface area contributed by atoms with Crippen molar-refractivity contribution in [3.63, 3.8) is 0 Å². The van der Waals surface area contributed by atoms with Crippen molar-refractivity contribution in [1.82, 2.24) is 24.4 Å². The number of ether oxygens (including phenoxy) is 1. The fraction of sp³-hybridized carbons (Fsp3) is 0.333. The maximum Gasteiger partial charge on any atom is 0.263 e. The van der Waals surface area contributed by atoms with Crippen LogP contribution < -0.4 is 15.6 Å². The Labute approximate surface area is 212 Å². The van der Waals surface area contributed by atoms with Gasteiger partial charge in [-0.3, -0.25) is 9.59 Å². The minimum absolute atomic E-state index is 0.0361. The lowest BCUT2D eigenvalue weighted by Gasteiger charge is -2.22. The monoisotopic (exact) mass is 521 g/mol. The number of nitriles is 2. The van der Waals surface area contributed by atoms with Gasteiger partial charge in [-0.1, -0.05) is 12.1 Å². The highest BCUT2D eigenvalue weighted by Gasteiger charge is 2.57. The molecule has 1 N–H and O–H groups in total. The van der Waals surface area contributed by atoms with E-state index in [2.05, 4.69) is 15.5 Å². The van der Waals surface area contributed by atoms with Gasteiger partial charge in [0.2, 0.25) is 10.0 Å². The molecule has 0 saturated heterocycles. The molecule has 12 nitrogen and oxygen atoms in total. The number of nitrogens with zero attached hydrogens (tertiary/aromatic N) is 6. The van der Waals surface area contributed by atoms with Gasteiger partial charge < -0.3 is 14.6 Å². The van der Waals surface area contributed by atoms with Gasteiger partial charge in [-0.25, -0.2) is 8.42 Å². The number of rotatable bonds is 9. The molecule has 0 radical (unpaired) electrons. The van der Waals surface area contributed by atoms with E-state index in [0.717, 1.165) is 9.87 Å². The Hall–Kier alpha value is -4.33. The van der Waals surface area contributed by atoms with Crippen LogP contribution in [0, 0.1) is 22.7 Å². The number of aromatic nitrogens is 3. The lowest BCUT2D eigenvalue weighted by Crippen LogP contribution is -2.41. The molecule has 0 bridgehead atoms. The van der Waals surface area contributed by atoms with Crippen molar-refractivity contribution >= 4 is 26.8 Å². The van der Waals surface area contributed by atoms with Crippen LogP contribution in [0.15, 0.2) is 41.3 Å². The molecule has 1 aliphatic carbocycles. The van der Waals surface area contributed by atoms with Crippen molar-refractivity contribution in [2.75, 3.05) is 20.2 Å². The highest BCUT2D eigenvalue weighted by Crippen LogP contribution is 2.45. The summed E-state index contributed by atoms with van der Waals surface area (Å²) in [5.41, 5.74) is 0.822. The quantitative estimate of drug-likeness (QED) is 0.400. The van der Waals surface area contributed by atoms with Crippen molar-refractivity contribution in [2.24, 2.45) is 7.05 Å². The van der Waals surface area contributed by atoms with E-state index in [9.17, 15) is 18.0 Å². The van der Waals surface area contributed by atoms with Gasteiger partial charge in [-0.2, -0.15) is 19.9 Å². The standard InChI is InChI=1S/C24H23N7O5S/c1-30(10-9-25)37(34,35)24(7-8-24)15-36-22-20-18(14-28-29-22)11-19(23(33)31(20)2)21(32)27-13-17-5-3-16(12-26)4-6-17/h3-6,11,14H,7-8,10,13,15H2,1-2H3,(H,27,32). The van der Waals surface area contributed by atoms with Gasteiger partial charge in [0, 0.05) is 26.0 Å². The molecule has 4 rings (SSSR count). The fourth-order valence-corrected chi connectivity index (χ4v) is 5.60. The van der Waals surface area contributed by atoms with Crippen LogP contribution >= 0.6 is 0 Å². The summed E-state index contributed by atoms with van der Waals surface area (Å²) in [5, 5.41) is 28.7. The Morgan fingerprint density at radius 3 is 2.59 bits per heavy atom. The van der Waals surface area contributed by atoms with E-state index in [0.29, 0.717) is 23.8 Å². The molecule has 190 valence electrons. The summed E-state index contributed by atoms with van der Waals surface area (Å²) in [5.74, 6) is -0.624.